The third-order valence-electron chi connectivity index (χ3n) is 2.91. The summed E-state index contributed by atoms with van der Waals surface area (Å²) in [5.74, 6) is -0.443. The van der Waals surface area contributed by atoms with E-state index in [0.29, 0.717) is 18.8 Å². The third kappa shape index (κ3) is 1.78. The van der Waals surface area contributed by atoms with E-state index in [1.165, 1.54) is 0 Å². The van der Waals surface area contributed by atoms with E-state index in [2.05, 4.69) is 6.92 Å². The third-order valence-corrected chi connectivity index (χ3v) is 2.91. The van der Waals surface area contributed by atoms with Gasteiger partial charge in [0, 0.05) is 0 Å². The lowest BCUT2D eigenvalue weighted by Crippen LogP contribution is -2.41. The van der Waals surface area contributed by atoms with Gasteiger partial charge in [-0.05, 0) is 31.6 Å². The van der Waals surface area contributed by atoms with Crippen molar-refractivity contribution >= 4 is 5.97 Å². The molecule has 2 N–H and O–H groups in total. The van der Waals surface area contributed by atoms with Crippen LogP contribution in [0.15, 0.2) is 0 Å². The van der Waals surface area contributed by atoms with E-state index in [4.69, 9.17) is 5.11 Å². The number of carbonyl (C=O) groups is 1. The molecule has 0 bridgehead atoms. The van der Waals surface area contributed by atoms with Gasteiger partial charge in [0.25, 0.3) is 0 Å². The Morgan fingerprint density at radius 2 is 2.00 bits per heavy atom. The molecule has 3 nitrogen and oxygen atoms in total. The lowest BCUT2D eigenvalue weighted by molar-refractivity contribution is -0.162. The second-order valence-corrected chi connectivity index (χ2v) is 3.69. The first-order chi connectivity index (χ1) is 5.58. The average molecular weight is 172 g/mol. The Kier molecular flexibility index (Phi) is 2.73. The van der Waals surface area contributed by atoms with Crippen LogP contribution in [0.2, 0.25) is 0 Å². The van der Waals surface area contributed by atoms with E-state index in [0.717, 1.165) is 19.3 Å². The van der Waals surface area contributed by atoms with Gasteiger partial charge in [0.05, 0.1) is 0 Å². The Morgan fingerprint density at radius 3 is 2.33 bits per heavy atom. The second kappa shape index (κ2) is 3.44. The minimum Gasteiger partial charge on any atom is -0.479 e. The molecule has 1 aliphatic rings. The van der Waals surface area contributed by atoms with E-state index in [-0.39, 0.29) is 0 Å². The molecule has 0 aromatic carbocycles. The normalized spacial score (nSPS) is 36.3. The molecule has 0 amide bonds. The minimum atomic E-state index is -1.42. The van der Waals surface area contributed by atoms with Crippen molar-refractivity contribution in [1.29, 1.82) is 0 Å². The summed E-state index contributed by atoms with van der Waals surface area (Å²) in [5.41, 5.74) is -1.42. The van der Waals surface area contributed by atoms with Gasteiger partial charge < -0.3 is 10.2 Å². The van der Waals surface area contributed by atoms with E-state index >= 15 is 0 Å². The Hall–Kier alpha value is -0.570. The summed E-state index contributed by atoms with van der Waals surface area (Å²) in [6.45, 7) is 2.11. The van der Waals surface area contributed by atoms with Gasteiger partial charge in [-0.1, -0.05) is 13.3 Å². The predicted molar refractivity (Wildman–Crippen MR) is 44.8 cm³/mol. The maximum atomic E-state index is 10.6. The molecular formula is C9H16O3. The molecule has 0 aliphatic heterocycles. The highest BCUT2D eigenvalue weighted by Gasteiger charge is 2.39. The van der Waals surface area contributed by atoms with Gasteiger partial charge >= 0.3 is 5.97 Å². The van der Waals surface area contributed by atoms with Gasteiger partial charge in [0.1, 0.15) is 0 Å². The maximum absolute atomic E-state index is 10.6. The maximum Gasteiger partial charge on any atom is 0.335 e. The fraction of sp³-hybridized carbons (Fsp3) is 0.889. The monoisotopic (exact) mass is 172 g/mol. The van der Waals surface area contributed by atoms with Crippen LogP contribution in [0.4, 0.5) is 0 Å². The SMILES string of the molecule is CCC1CCC(O)(C(=O)O)CC1. The molecule has 0 heterocycles. The van der Waals surface area contributed by atoms with Crippen molar-refractivity contribution in [2.45, 2.75) is 44.6 Å². The van der Waals surface area contributed by atoms with Gasteiger partial charge in [-0.25, -0.2) is 4.79 Å². The zero-order chi connectivity index (χ0) is 9.19. The molecular weight excluding hydrogens is 156 g/mol. The minimum absolute atomic E-state index is 0.418. The van der Waals surface area contributed by atoms with Crippen molar-refractivity contribution in [2.24, 2.45) is 5.92 Å². The van der Waals surface area contributed by atoms with Crippen LogP contribution in [-0.4, -0.2) is 21.8 Å². The standard InChI is InChI=1S/C9H16O3/c1-2-7-3-5-9(12,6-4-7)8(10)11/h7,12H,2-6H2,1H3,(H,10,11). The van der Waals surface area contributed by atoms with Crippen LogP contribution in [-0.2, 0) is 4.79 Å². The molecule has 1 fully saturated rings. The van der Waals surface area contributed by atoms with Gasteiger partial charge in [-0.3, -0.25) is 0 Å². The molecule has 0 radical (unpaired) electrons. The molecule has 1 rings (SSSR count). The molecule has 1 aliphatic carbocycles. The summed E-state index contributed by atoms with van der Waals surface area (Å²) < 4.78 is 0. The summed E-state index contributed by atoms with van der Waals surface area (Å²) in [6, 6.07) is 0. The van der Waals surface area contributed by atoms with Crippen molar-refractivity contribution in [2.75, 3.05) is 0 Å². The first-order valence-corrected chi connectivity index (χ1v) is 4.54. The van der Waals surface area contributed by atoms with Crippen LogP contribution in [0.5, 0.6) is 0 Å². The second-order valence-electron chi connectivity index (χ2n) is 3.69. The van der Waals surface area contributed by atoms with Crippen LogP contribution >= 0.6 is 0 Å². The highest BCUT2D eigenvalue weighted by molar-refractivity contribution is 5.77. The number of carboxylic acid groups (broad SMARTS) is 1. The van der Waals surface area contributed by atoms with E-state index in [1.807, 2.05) is 0 Å². The molecule has 0 saturated heterocycles. The Labute approximate surface area is 72.4 Å². The van der Waals surface area contributed by atoms with Gasteiger partial charge in [0.15, 0.2) is 5.60 Å². The number of carboxylic acids is 1. The van der Waals surface area contributed by atoms with E-state index < -0.39 is 11.6 Å². The van der Waals surface area contributed by atoms with Crippen molar-refractivity contribution in [1.82, 2.24) is 0 Å². The van der Waals surface area contributed by atoms with Crippen molar-refractivity contribution in [3.05, 3.63) is 0 Å². The van der Waals surface area contributed by atoms with Crippen molar-refractivity contribution < 1.29 is 15.0 Å². The zero-order valence-corrected chi connectivity index (χ0v) is 7.42. The smallest absolute Gasteiger partial charge is 0.335 e. The molecule has 0 aromatic rings. The number of rotatable bonds is 2. The molecule has 1 saturated carbocycles. The van der Waals surface area contributed by atoms with Gasteiger partial charge in [-0.2, -0.15) is 0 Å². The fourth-order valence-corrected chi connectivity index (χ4v) is 1.78. The molecule has 12 heavy (non-hydrogen) atoms. The summed E-state index contributed by atoms with van der Waals surface area (Å²) >= 11 is 0. The zero-order valence-electron chi connectivity index (χ0n) is 7.42. The molecule has 0 aromatic heterocycles. The number of hydrogen-bond acceptors (Lipinski definition) is 2. The van der Waals surface area contributed by atoms with Crippen LogP contribution in [0.25, 0.3) is 0 Å². The average Bonchev–Trinajstić information content (AvgIpc) is 2.06. The lowest BCUT2D eigenvalue weighted by atomic mass is 9.78. The largest absolute Gasteiger partial charge is 0.479 e. The summed E-state index contributed by atoms with van der Waals surface area (Å²) in [6.07, 6.45) is 3.62. The quantitative estimate of drug-likeness (QED) is 0.662. The van der Waals surface area contributed by atoms with Gasteiger partial charge in [0.2, 0.25) is 0 Å². The van der Waals surface area contributed by atoms with Crippen LogP contribution in [0.1, 0.15) is 39.0 Å². The first-order valence-electron chi connectivity index (χ1n) is 4.54. The van der Waals surface area contributed by atoms with Crippen molar-refractivity contribution in [3.8, 4) is 0 Å². The number of aliphatic carboxylic acids is 1. The topological polar surface area (TPSA) is 57.5 Å². The highest BCUT2D eigenvalue weighted by Crippen LogP contribution is 2.33. The molecule has 0 atom stereocenters. The highest BCUT2D eigenvalue weighted by atomic mass is 16.4. The predicted octanol–water partition coefficient (Wildman–Crippen LogP) is 1.40. The number of aliphatic hydroxyl groups is 1. The Morgan fingerprint density at radius 1 is 1.50 bits per heavy atom. The molecule has 70 valence electrons. The molecule has 0 spiro atoms. The van der Waals surface area contributed by atoms with Crippen molar-refractivity contribution in [3.63, 3.8) is 0 Å². The summed E-state index contributed by atoms with van der Waals surface area (Å²) in [5, 5.41) is 18.3. The summed E-state index contributed by atoms with van der Waals surface area (Å²) in [7, 11) is 0. The molecule has 3 heteroatoms. The number of hydrogen-bond donors (Lipinski definition) is 2. The van der Waals surface area contributed by atoms with Crippen LogP contribution in [0, 0.1) is 5.92 Å². The summed E-state index contributed by atoms with van der Waals surface area (Å²) in [4.78, 5) is 10.6. The van der Waals surface area contributed by atoms with Crippen LogP contribution < -0.4 is 0 Å². The van der Waals surface area contributed by atoms with E-state index in [9.17, 15) is 9.90 Å². The Bertz CT molecular complexity index is 169. The Balaban J connectivity index is 2.49. The van der Waals surface area contributed by atoms with Gasteiger partial charge in [-0.15, -0.1) is 0 Å². The fourth-order valence-electron chi connectivity index (χ4n) is 1.78. The van der Waals surface area contributed by atoms with Crippen LogP contribution in [0.3, 0.4) is 0 Å². The van der Waals surface area contributed by atoms with E-state index in [1.54, 1.807) is 0 Å². The lowest BCUT2D eigenvalue weighted by Gasteiger charge is -2.32. The first kappa shape index (κ1) is 9.52. The molecule has 0 unspecified atom stereocenters.